The number of benzene rings is 1. The van der Waals surface area contributed by atoms with Crippen LogP contribution in [-0.4, -0.2) is 33.6 Å². The van der Waals surface area contributed by atoms with E-state index in [2.05, 4.69) is 16.0 Å². The Morgan fingerprint density at radius 2 is 2.28 bits per heavy atom. The number of hydrogen-bond donors (Lipinski definition) is 1. The van der Waals surface area contributed by atoms with Gasteiger partial charge in [-0.25, -0.2) is 0 Å². The molecule has 2 heterocycles. The van der Waals surface area contributed by atoms with Gasteiger partial charge in [0.15, 0.2) is 5.75 Å². The first-order chi connectivity index (χ1) is 12.1. The lowest BCUT2D eigenvalue weighted by atomic mass is 9.95. The van der Waals surface area contributed by atoms with E-state index in [9.17, 15) is 15.2 Å². The highest BCUT2D eigenvalue weighted by molar-refractivity contribution is 5.57. The minimum atomic E-state index is -0.587. The Bertz CT molecular complexity index is 751. The lowest BCUT2D eigenvalue weighted by Crippen LogP contribution is -2.33. The molecule has 1 atom stereocenters. The van der Waals surface area contributed by atoms with Crippen LogP contribution in [0.3, 0.4) is 0 Å². The van der Waals surface area contributed by atoms with Gasteiger partial charge in [-0.3, -0.25) is 20.0 Å². The number of pyridine rings is 1. The Hall–Kier alpha value is -2.67. The first-order valence-corrected chi connectivity index (χ1v) is 8.28. The van der Waals surface area contributed by atoms with Gasteiger partial charge in [0, 0.05) is 31.0 Å². The quantitative estimate of drug-likeness (QED) is 0.661. The molecule has 1 fully saturated rings. The summed E-state index contributed by atoms with van der Waals surface area (Å²) in [4.78, 5) is 17.1. The molecule has 1 aliphatic heterocycles. The molecule has 2 aromatic rings. The predicted octanol–water partition coefficient (Wildman–Crippen LogP) is 3.43. The van der Waals surface area contributed by atoms with Crippen molar-refractivity contribution in [3.05, 3.63) is 57.9 Å². The third-order valence-corrected chi connectivity index (χ3v) is 4.60. The summed E-state index contributed by atoms with van der Waals surface area (Å²) in [5, 5.41) is 21.1. The first-order valence-electron chi connectivity index (χ1n) is 8.28. The summed E-state index contributed by atoms with van der Waals surface area (Å²) in [5.41, 5.74) is 1.57. The molecule has 132 valence electrons. The number of rotatable bonds is 5. The SMILES string of the molecule is COc1cc(CN2CCCC[C@H]2c2cccnc2)cc([N+](=O)[O-])c1O. The van der Waals surface area contributed by atoms with E-state index in [1.807, 2.05) is 12.3 Å². The minimum absolute atomic E-state index is 0.124. The van der Waals surface area contributed by atoms with Crippen molar-refractivity contribution in [2.45, 2.75) is 31.8 Å². The van der Waals surface area contributed by atoms with Crippen molar-refractivity contribution in [1.29, 1.82) is 0 Å². The number of nitro groups is 1. The number of phenols is 1. The zero-order valence-corrected chi connectivity index (χ0v) is 14.1. The van der Waals surface area contributed by atoms with E-state index in [-0.39, 0.29) is 17.5 Å². The Balaban J connectivity index is 1.89. The summed E-state index contributed by atoms with van der Waals surface area (Å²) in [7, 11) is 1.39. The van der Waals surface area contributed by atoms with E-state index < -0.39 is 10.7 Å². The smallest absolute Gasteiger partial charge is 0.314 e. The molecule has 0 bridgehead atoms. The molecule has 25 heavy (non-hydrogen) atoms. The molecule has 1 aromatic heterocycles. The second-order valence-electron chi connectivity index (χ2n) is 6.19. The van der Waals surface area contributed by atoms with E-state index in [0.29, 0.717) is 6.54 Å². The molecule has 0 unspecified atom stereocenters. The molecule has 3 rings (SSSR count). The maximum Gasteiger partial charge on any atom is 0.314 e. The Kier molecular flexibility index (Phi) is 5.14. The topological polar surface area (TPSA) is 88.7 Å². The predicted molar refractivity (Wildman–Crippen MR) is 92.6 cm³/mol. The van der Waals surface area contributed by atoms with Gasteiger partial charge < -0.3 is 9.84 Å². The molecule has 1 aromatic carbocycles. The van der Waals surface area contributed by atoms with Crippen LogP contribution in [0, 0.1) is 10.1 Å². The fraction of sp³-hybridized carbons (Fsp3) is 0.389. The molecule has 0 amide bonds. The molecule has 1 saturated heterocycles. The molecule has 7 nitrogen and oxygen atoms in total. The molecule has 7 heteroatoms. The van der Waals surface area contributed by atoms with Crippen LogP contribution in [0.25, 0.3) is 0 Å². The third-order valence-electron chi connectivity index (χ3n) is 4.60. The summed E-state index contributed by atoms with van der Waals surface area (Å²) in [6.07, 6.45) is 6.90. The number of hydrogen-bond acceptors (Lipinski definition) is 6. The van der Waals surface area contributed by atoms with Crippen molar-refractivity contribution in [3.8, 4) is 11.5 Å². The van der Waals surface area contributed by atoms with Gasteiger partial charge in [-0.15, -0.1) is 0 Å². The number of piperidine rings is 1. The van der Waals surface area contributed by atoms with Gasteiger partial charge in [-0.05, 0) is 42.6 Å². The highest BCUT2D eigenvalue weighted by atomic mass is 16.6. The summed E-state index contributed by atoms with van der Waals surface area (Å²) in [5.74, 6) is -0.308. The summed E-state index contributed by atoms with van der Waals surface area (Å²) >= 11 is 0. The van der Waals surface area contributed by atoms with Crippen LogP contribution in [0.5, 0.6) is 11.5 Å². The molecular weight excluding hydrogens is 322 g/mol. The zero-order valence-electron chi connectivity index (χ0n) is 14.1. The van der Waals surface area contributed by atoms with Gasteiger partial charge in [0.2, 0.25) is 5.75 Å². The number of ether oxygens (including phenoxy) is 1. The van der Waals surface area contributed by atoms with Crippen molar-refractivity contribution in [2.75, 3.05) is 13.7 Å². The largest absolute Gasteiger partial charge is 0.500 e. The number of aromatic hydroxyl groups is 1. The second kappa shape index (κ2) is 7.48. The van der Waals surface area contributed by atoms with Crippen molar-refractivity contribution < 1.29 is 14.8 Å². The third kappa shape index (κ3) is 3.71. The van der Waals surface area contributed by atoms with Crippen LogP contribution in [-0.2, 0) is 6.54 Å². The lowest BCUT2D eigenvalue weighted by Gasteiger charge is -2.36. The molecule has 0 saturated carbocycles. The van der Waals surface area contributed by atoms with Crippen LogP contribution < -0.4 is 4.74 Å². The van der Waals surface area contributed by atoms with Gasteiger partial charge in [-0.2, -0.15) is 0 Å². The molecule has 0 spiro atoms. The standard InChI is InChI=1S/C18H21N3O4/c1-25-17-10-13(9-16(18(17)22)21(23)24)12-20-8-3-2-6-15(20)14-5-4-7-19-11-14/h4-5,7,9-11,15,22H,2-3,6,8,12H2,1H3/t15-/m0/s1. The average molecular weight is 343 g/mol. The number of nitrogens with zero attached hydrogens (tertiary/aromatic N) is 3. The van der Waals surface area contributed by atoms with Crippen LogP contribution in [0.15, 0.2) is 36.7 Å². The van der Waals surface area contributed by atoms with Crippen LogP contribution in [0.4, 0.5) is 5.69 Å². The van der Waals surface area contributed by atoms with E-state index in [0.717, 1.165) is 36.9 Å². The van der Waals surface area contributed by atoms with Gasteiger partial charge in [0.05, 0.1) is 12.0 Å². The average Bonchev–Trinajstić information content (AvgIpc) is 2.64. The van der Waals surface area contributed by atoms with Crippen LogP contribution in [0.2, 0.25) is 0 Å². The number of methoxy groups -OCH3 is 1. The van der Waals surface area contributed by atoms with Crippen molar-refractivity contribution >= 4 is 5.69 Å². The highest BCUT2D eigenvalue weighted by Gasteiger charge is 2.26. The fourth-order valence-electron chi connectivity index (χ4n) is 3.40. The summed E-state index contributed by atoms with van der Waals surface area (Å²) < 4.78 is 5.09. The lowest BCUT2D eigenvalue weighted by molar-refractivity contribution is -0.386. The molecule has 1 N–H and O–H groups in total. The number of likely N-dealkylation sites (tertiary alicyclic amines) is 1. The monoisotopic (exact) mass is 343 g/mol. The fourth-order valence-corrected chi connectivity index (χ4v) is 3.40. The van der Waals surface area contributed by atoms with Gasteiger partial charge in [0.1, 0.15) is 0 Å². The summed E-state index contributed by atoms with van der Waals surface area (Å²) in [6, 6.07) is 7.32. The number of nitro benzene ring substituents is 1. The maximum atomic E-state index is 11.2. The Morgan fingerprint density at radius 3 is 2.96 bits per heavy atom. The second-order valence-corrected chi connectivity index (χ2v) is 6.19. The van der Waals surface area contributed by atoms with Crippen molar-refractivity contribution in [3.63, 3.8) is 0 Å². The molecular formula is C18H21N3O4. The van der Waals surface area contributed by atoms with E-state index in [1.54, 1.807) is 12.3 Å². The van der Waals surface area contributed by atoms with Crippen LogP contribution in [0.1, 0.15) is 36.4 Å². The highest BCUT2D eigenvalue weighted by Crippen LogP contribution is 2.38. The Labute approximate surface area is 146 Å². The van der Waals surface area contributed by atoms with Gasteiger partial charge in [0.25, 0.3) is 0 Å². The molecule has 0 radical (unpaired) electrons. The zero-order chi connectivity index (χ0) is 17.8. The normalized spacial score (nSPS) is 18.0. The number of aromatic nitrogens is 1. The van der Waals surface area contributed by atoms with Crippen molar-refractivity contribution in [2.24, 2.45) is 0 Å². The van der Waals surface area contributed by atoms with Gasteiger partial charge >= 0.3 is 5.69 Å². The maximum absolute atomic E-state index is 11.2. The van der Waals surface area contributed by atoms with E-state index >= 15 is 0 Å². The summed E-state index contributed by atoms with van der Waals surface area (Å²) in [6.45, 7) is 1.47. The van der Waals surface area contributed by atoms with Crippen LogP contribution >= 0.6 is 0 Å². The molecule has 1 aliphatic rings. The molecule has 0 aliphatic carbocycles. The van der Waals surface area contributed by atoms with Gasteiger partial charge in [-0.1, -0.05) is 12.5 Å². The van der Waals surface area contributed by atoms with E-state index in [1.165, 1.54) is 13.2 Å². The Morgan fingerprint density at radius 1 is 1.44 bits per heavy atom. The first kappa shape index (κ1) is 17.2. The van der Waals surface area contributed by atoms with E-state index in [4.69, 9.17) is 4.74 Å². The number of phenolic OH excluding ortho intramolecular Hbond substituents is 1. The van der Waals surface area contributed by atoms with Crippen molar-refractivity contribution in [1.82, 2.24) is 9.88 Å². The minimum Gasteiger partial charge on any atom is -0.500 e.